The molecule has 0 amide bonds. The second-order valence-electron chi connectivity index (χ2n) is 6.43. The number of benzene rings is 2. The van der Waals surface area contributed by atoms with E-state index in [-0.39, 0.29) is 27.9 Å². The zero-order valence-electron chi connectivity index (χ0n) is 12.3. The molecule has 2 aromatic rings. The largest absolute Gasteiger partial charge is 0.380 e. The van der Waals surface area contributed by atoms with E-state index in [0.29, 0.717) is 0 Å². The van der Waals surface area contributed by atoms with E-state index in [9.17, 15) is 0 Å². The van der Waals surface area contributed by atoms with Crippen molar-refractivity contribution in [1.29, 1.82) is 0 Å². The van der Waals surface area contributed by atoms with Gasteiger partial charge in [0.25, 0.3) is 0 Å². The smallest absolute Gasteiger partial charge is 0.0385 e. The Morgan fingerprint density at radius 1 is 0.850 bits per heavy atom. The Hall–Kier alpha value is -1.28. The van der Waals surface area contributed by atoms with Gasteiger partial charge in [-0.25, -0.2) is 0 Å². The van der Waals surface area contributed by atoms with E-state index in [1.165, 1.54) is 16.8 Å². The van der Waals surface area contributed by atoms with Gasteiger partial charge in [0.2, 0.25) is 0 Å². The molecule has 1 aliphatic heterocycles. The molecule has 0 saturated heterocycles. The highest BCUT2D eigenvalue weighted by Crippen LogP contribution is 2.46. The molecule has 1 N–H and O–H groups in total. The Labute approximate surface area is 132 Å². The summed E-state index contributed by atoms with van der Waals surface area (Å²) in [5.41, 5.74) is 4.26. The molecule has 0 aliphatic carbocycles. The second kappa shape index (κ2) is 5.25. The van der Waals surface area contributed by atoms with Gasteiger partial charge in [-0.2, -0.15) is 0 Å². The van der Waals surface area contributed by atoms with E-state index in [0.717, 1.165) is 6.42 Å². The first-order valence-corrected chi connectivity index (χ1v) is 6.95. The van der Waals surface area contributed by atoms with Gasteiger partial charge >= 0.3 is 0 Å². The van der Waals surface area contributed by atoms with Crippen molar-refractivity contribution in [2.75, 3.05) is 5.32 Å². The Bertz CT molecular complexity index is 591. The van der Waals surface area contributed by atoms with Crippen molar-refractivity contribution in [3.63, 3.8) is 0 Å². The predicted molar refractivity (Wildman–Crippen MR) is 92.0 cm³/mol. The van der Waals surface area contributed by atoms with Gasteiger partial charge in [-0.05, 0) is 37.5 Å². The van der Waals surface area contributed by atoms with Crippen molar-refractivity contribution < 1.29 is 0 Å². The minimum absolute atomic E-state index is 0. The number of anilines is 1. The van der Waals surface area contributed by atoms with Crippen LogP contribution >= 0.6 is 17.0 Å². The fourth-order valence-corrected chi connectivity index (χ4v) is 3.52. The van der Waals surface area contributed by atoms with Gasteiger partial charge < -0.3 is 5.32 Å². The maximum atomic E-state index is 3.66. The molecular weight excluding hydrogens is 310 g/mol. The third-order valence-corrected chi connectivity index (χ3v) is 4.20. The highest BCUT2D eigenvalue weighted by Gasteiger charge is 2.40. The van der Waals surface area contributed by atoms with Crippen molar-refractivity contribution >= 4 is 22.7 Å². The molecule has 106 valence electrons. The van der Waals surface area contributed by atoms with Crippen LogP contribution in [0.15, 0.2) is 54.6 Å². The standard InChI is InChI=1S/C18H21N.BrH/c1-17(2)13-18(3,14-9-5-4-6-10-14)15-11-7-8-12-16(15)19-17;/h4-12,19H,13H2,1-3H3;1H. The topological polar surface area (TPSA) is 12.0 Å². The molecule has 1 nitrogen and oxygen atoms in total. The van der Waals surface area contributed by atoms with Gasteiger partial charge in [0.1, 0.15) is 0 Å². The van der Waals surface area contributed by atoms with Crippen molar-refractivity contribution in [2.45, 2.75) is 38.1 Å². The number of para-hydroxylation sites is 1. The van der Waals surface area contributed by atoms with Crippen LogP contribution in [0.25, 0.3) is 0 Å². The summed E-state index contributed by atoms with van der Waals surface area (Å²) in [6.07, 6.45) is 1.10. The highest BCUT2D eigenvalue weighted by atomic mass is 79.9. The molecule has 0 spiro atoms. The molecule has 1 aliphatic rings. The first kappa shape index (κ1) is 15.1. The molecule has 0 bridgehead atoms. The maximum Gasteiger partial charge on any atom is 0.0385 e. The maximum absolute atomic E-state index is 3.66. The Kier molecular flexibility index (Phi) is 3.97. The fourth-order valence-electron chi connectivity index (χ4n) is 3.52. The third kappa shape index (κ3) is 2.49. The number of nitrogens with one attached hydrogen (secondary N) is 1. The van der Waals surface area contributed by atoms with Crippen LogP contribution in [0.2, 0.25) is 0 Å². The van der Waals surface area contributed by atoms with Crippen LogP contribution in [0.3, 0.4) is 0 Å². The van der Waals surface area contributed by atoms with Gasteiger partial charge in [0.15, 0.2) is 0 Å². The molecule has 2 aromatic carbocycles. The monoisotopic (exact) mass is 331 g/mol. The third-order valence-electron chi connectivity index (χ3n) is 4.20. The lowest BCUT2D eigenvalue weighted by atomic mass is 9.66. The van der Waals surface area contributed by atoms with Crippen molar-refractivity contribution in [3.05, 3.63) is 65.7 Å². The first-order valence-electron chi connectivity index (χ1n) is 6.95. The first-order chi connectivity index (χ1) is 9.01. The summed E-state index contributed by atoms with van der Waals surface area (Å²) < 4.78 is 0. The normalized spacial score (nSPS) is 23.1. The Morgan fingerprint density at radius 3 is 2.15 bits per heavy atom. The number of hydrogen-bond acceptors (Lipinski definition) is 1. The molecule has 0 saturated carbocycles. The van der Waals surface area contributed by atoms with E-state index in [2.05, 4.69) is 80.7 Å². The van der Waals surface area contributed by atoms with Gasteiger partial charge in [0, 0.05) is 16.6 Å². The van der Waals surface area contributed by atoms with Gasteiger partial charge in [-0.1, -0.05) is 55.5 Å². The van der Waals surface area contributed by atoms with E-state index in [1.54, 1.807) is 0 Å². The molecule has 20 heavy (non-hydrogen) atoms. The molecule has 0 radical (unpaired) electrons. The van der Waals surface area contributed by atoms with Crippen LogP contribution < -0.4 is 5.32 Å². The Morgan fingerprint density at radius 2 is 1.45 bits per heavy atom. The summed E-state index contributed by atoms with van der Waals surface area (Å²) in [5.74, 6) is 0. The summed E-state index contributed by atoms with van der Waals surface area (Å²) in [6, 6.07) is 19.6. The van der Waals surface area contributed by atoms with Crippen LogP contribution in [0.4, 0.5) is 5.69 Å². The average molecular weight is 332 g/mol. The van der Waals surface area contributed by atoms with Crippen LogP contribution in [0, 0.1) is 0 Å². The van der Waals surface area contributed by atoms with E-state index < -0.39 is 0 Å². The van der Waals surface area contributed by atoms with Gasteiger partial charge in [-0.15, -0.1) is 17.0 Å². The van der Waals surface area contributed by atoms with Gasteiger partial charge in [0.05, 0.1) is 0 Å². The van der Waals surface area contributed by atoms with E-state index >= 15 is 0 Å². The molecule has 0 fully saturated rings. The average Bonchev–Trinajstić information content (AvgIpc) is 2.38. The number of fused-ring (bicyclic) bond motifs is 1. The van der Waals surface area contributed by atoms with E-state index in [4.69, 9.17) is 0 Å². The number of halogens is 1. The summed E-state index contributed by atoms with van der Waals surface area (Å²) in [4.78, 5) is 0. The van der Waals surface area contributed by atoms with Gasteiger partial charge in [-0.3, -0.25) is 0 Å². The lowest BCUT2D eigenvalue weighted by molar-refractivity contribution is 0.378. The minimum Gasteiger partial charge on any atom is -0.380 e. The predicted octanol–water partition coefficient (Wildman–Crippen LogP) is 5.16. The summed E-state index contributed by atoms with van der Waals surface area (Å²) in [5, 5.41) is 3.66. The fraction of sp³-hybridized carbons (Fsp3) is 0.333. The summed E-state index contributed by atoms with van der Waals surface area (Å²) in [7, 11) is 0. The molecule has 2 heteroatoms. The molecule has 1 atom stereocenters. The molecule has 0 aromatic heterocycles. The van der Waals surface area contributed by atoms with Crippen LogP contribution in [0.1, 0.15) is 38.3 Å². The highest BCUT2D eigenvalue weighted by molar-refractivity contribution is 8.93. The number of hydrogen-bond donors (Lipinski definition) is 1. The van der Waals surface area contributed by atoms with Crippen LogP contribution in [-0.4, -0.2) is 5.54 Å². The lowest BCUT2D eigenvalue weighted by Gasteiger charge is -2.45. The summed E-state index contributed by atoms with van der Waals surface area (Å²) in [6.45, 7) is 6.93. The molecular formula is C18H22BrN. The molecule has 1 unspecified atom stereocenters. The lowest BCUT2D eigenvalue weighted by Crippen LogP contribution is -2.45. The minimum atomic E-state index is 0. The second-order valence-corrected chi connectivity index (χ2v) is 6.43. The van der Waals surface area contributed by atoms with Crippen molar-refractivity contribution in [1.82, 2.24) is 0 Å². The summed E-state index contributed by atoms with van der Waals surface area (Å²) >= 11 is 0. The van der Waals surface area contributed by atoms with Crippen molar-refractivity contribution in [2.24, 2.45) is 0 Å². The van der Waals surface area contributed by atoms with E-state index in [1.807, 2.05) is 0 Å². The van der Waals surface area contributed by atoms with Crippen molar-refractivity contribution in [3.8, 4) is 0 Å². The Balaban J connectivity index is 0.00000147. The van der Waals surface area contributed by atoms with Crippen LogP contribution in [0.5, 0.6) is 0 Å². The number of rotatable bonds is 1. The molecule has 3 rings (SSSR count). The van der Waals surface area contributed by atoms with Crippen LogP contribution in [-0.2, 0) is 5.41 Å². The quantitative estimate of drug-likeness (QED) is 0.760. The molecule has 1 heterocycles. The zero-order chi connectivity index (χ0) is 13.5. The SMILES string of the molecule is Br.CC1(C)CC(C)(c2ccccc2)c2ccccc2N1. The zero-order valence-corrected chi connectivity index (χ0v) is 14.0.